The molecule has 6 heteroatoms. The Balaban J connectivity index is 2.24. The summed E-state index contributed by atoms with van der Waals surface area (Å²) in [5, 5.41) is 0. The number of methoxy groups -OCH3 is 1. The number of sulfonamides is 1. The molecular weight excluding hydrogens is 264 g/mol. The van der Waals surface area contributed by atoms with Crippen molar-refractivity contribution in [1.29, 1.82) is 0 Å². The van der Waals surface area contributed by atoms with Gasteiger partial charge in [-0.05, 0) is 43.9 Å². The van der Waals surface area contributed by atoms with Gasteiger partial charge in [-0.25, -0.2) is 13.1 Å². The molecule has 0 saturated heterocycles. The van der Waals surface area contributed by atoms with Gasteiger partial charge in [0.25, 0.3) is 0 Å². The molecule has 0 aromatic heterocycles. The van der Waals surface area contributed by atoms with E-state index < -0.39 is 10.0 Å². The standard InChI is InChI=1S/C13H20N2O3S/c1-9(10-3-4-10)15-19(16,17)12-5-6-13(18-2)11(7-12)8-14/h5-7,9-10,15H,3-4,8,14H2,1-2H3. The van der Waals surface area contributed by atoms with E-state index in [0.717, 1.165) is 12.8 Å². The predicted octanol–water partition coefficient (Wildman–Crippen LogP) is 1.23. The van der Waals surface area contributed by atoms with Gasteiger partial charge in [0.15, 0.2) is 0 Å². The molecule has 0 aliphatic heterocycles. The smallest absolute Gasteiger partial charge is 0.240 e. The lowest BCUT2D eigenvalue weighted by Crippen LogP contribution is -2.34. The molecular formula is C13H20N2O3S. The highest BCUT2D eigenvalue weighted by molar-refractivity contribution is 7.89. The van der Waals surface area contributed by atoms with Gasteiger partial charge in [-0.1, -0.05) is 0 Å². The number of ether oxygens (including phenoxy) is 1. The molecule has 1 aliphatic rings. The summed E-state index contributed by atoms with van der Waals surface area (Å²) < 4.78 is 32.4. The molecule has 5 nitrogen and oxygen atoms in total. The summed E-state index contributed by atoms with van der Waals surface area (Å²) in [4.78, 5) is 0.237. The first kappa shape index (κ1) is 14.3. The first-order valence-corrected chi connectivity index (χ1v) is 7.85. The number of hydrogen-bond acceptors (Lipinski definition) is 4. The highest BCUT2D eigenvalue weighted by atomic mass is 32.2. The van der Waals surface area contributed by atoms with Crippen molar-refractivity contribution in [1.82, 2.24) is 4.72 Å². The first-order chi connectivity index (χ1) is 8.97. The van der Waals surface area contributed by atoms with Gasteiger partial charge in [0.05, 0.1) is 12.0 Å². The summed E-state index contributed by atoms with van der Waals surface area (Å²) in [6, 6.07) is 4.73. The van der Waals surface area contributed by atoms with Gasteiger partial charge in [-0.15, -0.1) is 0 Å². The van der Waals surface area contributed by atoms with Crippen LogP contribution in [-0.4, -0.2) is 21.6 Å². The minimum atomic E-state index is -3.48. The molecule has 1 fully saturated rings. The Morgan fingerprint density at radius 2 is 2.16 bits per heavy atom. The maximum atomic E-state index is 12.2. The topological polar surface area (TPSA) is 81.4 Å². The molecule has 0 amide bonds. The Hall–Kier alpha value is -1.11. The summed E-state index contributed by atoms with van der Waals surface area (Å²) in [6.07, 6.45) is 2.20. The molecule has 3 N–H and O–H groups in total. The lowest BCUT2D eigenvalue weighted by Gasteiger charge is -2.14. The summed E-state index contributed by atoms with van der Waals surface area (Å²) in [5.74, 6) is 1.08. The fourth-order valence-corrected chi connectivity index (χ4v) is 3.45. The fraction of sp³-hybridized carbons (Fsp3) is 0.538. The van der Waals surface area contributed by atoms with E-state index in [-0.39, 0.29) is 17.5 Å². The normalized spacial score (nSPS) is 17.2. The summed E-state index contributed by atoms with van der Waals surface area (Å²) in [6.45, 7) is 2.15. The molecule has 19 heavy (non-hydrogen) atoms. The molecule has 1 saturated carbocycles. The average molecular weight is 284 g/mol. The Morgan fingerprint density at radius 3 is 2.68 bits per heavy atom. The molecule has 0 radical (unpaired) electrons. The van der Waals surface area contributed by atoms with E-state index in [1.54, 1.807) is 18.2 Å². The first-order valence-electron chi connectivity index (χ1n) is 6.37. The molecule has 1 atom stereocenters. The van der Waals surface area contributed by atoms with E-state index >= 15 is 0 Å². The summed E-state index contributed by atoms with van der Waals surface area (Å²) in [7, 11) is -1.95. The zero-order valence-electron chi connectivity index (χ0n) is 11.2. The van der Waals surface area contributed by atoms with Crippen LogP contribution < -0.4 is 15.2 Å². The quantitative estimate of drug-likeness (QED) is 0.823. The highest BCUT2D eigenvalue weighted by Crippen LogP contribution is 2.33. The molecule has 0 heterocycles. The molecule has 2 rings (SSSR count). The predicted molar refractivity (Wildman–Crippen MR) is 73.4 cm³/mol. The van der Waals surface area contributed by atoms with E-state index in [4.69, 9.17) is 10.5 Å². The van der Waals surface area contributed by atoms with Crippen molar-refractivity contribution in [2.24, 2.45) is 11.7 Å². The molecule has 1 unspecified atom stereocenters. The van der Waals surface area contributed by atoms with Crippen LogP contribution in [0, 0.1) is 5.92 Å². The number of hydrogen-bond donors (Lipinski definition) is 2. The number of nitrogens with two attached hydrogens (primary N) is 1. The van der Waals surface area contributed by atoms with E-state index in [1.807, 2.05) is 6.92 Å². The second-order valence-electron chi connectivity index (χ2n) is 4.93. The third-order valence-corrected chi connectivity index (χ3v) is 5.01. The molecule has 1 aromatic carbocycles. The van der Waals surface area contributed by atoms with Crippen LogP contribution in [0.15, 0.2) is 23.1 Å². The second-order valence-corrected chi connectivity index (χ2v) is 6.64. The lowest BCUT2D eigenvalue weighted by molar-refractivity contribution is 0.409. The van der Waals surface area contributed by atoms with Crippen LogP contribution in [0.3, 0.4) is 0 Å². The Labute approximate surface area is 114 Å². The highest BCUT2D eigenvalue weighted by Gasteiger charge is 2.31. The van der Waals surface area contributed by atoms with Gasteiger partial charge >= 0.3 is 0 Å². The third kappa shape index (κ3) is 3.26. The van der Waals surface area contributed by atoms with Gasteiger partial charge in [-0.2, -0.15) is 0 Å². The van der Waals surface area contributed by atoms with Crippen LogP contribution in [0.4, 0.5) is 0 Å². The van der Waals surface area contributed by atoms with Gasteiger partial charge in [-0.3, -0.25) is 0 Å². The van der Waals surface area contributed by atoms with Crippen LogP contribution in [0.1, 0.15) is 25.3 Å². The molecule has 1 aliphatic carbocycles. The van der Waals surface area contributed by atoms with Crippen LogP contribution in [0.25, 0.3) is 0 Å². The van der Waals surface area contributed by atoms with E-state index in [1.165, 1.54) is 7.11 Å². The van der Waals surface area contributed by atoms with Crippen molar-refractivity contribution in [2.45, 2.75) is 37.2 Å². The Kier molecular flexibility index (Phi) is 4.13. The van der Waals surface area contributed by atoms with Crippen molar-refractivity contribution in [3.8, 4) is 5.75 Å². The van der Waals surface area contributed by atoms with Crippen molar-refractivity contribution in [2.75, 3.05) is 7.11 Å². The van der Waals surface area contributed by atoms with Crippen LogP contribution in [0.5, 0.6) is 5.75 Å². The van der Waals surface area contributed by atoms with E-state index in [2.05, 4.69) is 4.72 Å². The maximum absolute atomic E-state index is 12.2. The molecule has 106 valence electrons. The van der Waals surface area contributed by atoms with Gasteiger partial charge in [0.1, 0.15) is 5.75 Å². The van der Waals surface area contributed by atoms with Crippen LogP contribution in [-0.2, 0) is 16.6 Å². The van der Waals surface area contributed by atoms with Crippen molar-refractivity contribution in [3.05, 3.63) is 23.8 Å². The van der Waals surface area contributed by atoms with Crippen molar-refractivity contribution < 1.29 is 13.2 Å². The minimum Gasteiger partial charge on any atom is -0.496 e. The summed E-state index contributed by atoms with van der Waals surface area (Å²) >= 11 is 0. The minimum absolute atomic E-state index is 0.0200. The van der Waals surface area contributed by atoms with Gasteiger partial charge < -0.3 is 10.5 Å². The molecule has 0 bridgehead atoms. The van der Waals surface area contributed by atoms with E-state index in [9.17, 15) is 8.42 Å². The maximum Gasteiger partial charge on any atom is 0.240 e. The Morgan fingerprint density at radius 1 is 1.47 bits per heavy atom. The largest absolute Gasteiger partial charge is 0.496 e. The van der Waals surface area contributed by atoms with Crippen LogP contribution in [0.2, 0.25) is 0 Å². The zero-order chi connectivity index (χ0) is 14.0. The Bertz CT molecular complexity index is 553. The molecule has 0 spiro atoms. The SMILES string of the molecule is COc1ccc(S(=O)(=O)NC(C)C2CC2)cc1CN. The number of benzene rings is 1. The van der Waals surface area contributed by atoms with Crippen molar-refractivity contribution in [3.63, 3.8) is 0 Å². The van der Waals surface area contributed by atoms with Gasteiger partial charge in [0, 0.05) is 18.2 Å². The number of nitrogens with one attached hydrogen (secondary N) is 1. The molecule has 1 aromatic rings. The fourth-order valence-electron chi connectivity index (χ4n) is 2.09. The third-order valence-electron chi connectivity index (χ3n) is 3.45. The lowest BCUT2D eigenvalue weighted by atomic mass is 10.2. The van der Waals surface area contributed by atoms with Gasteiger partial charge in [0.2, 0.25) is 10.0 Å². The second kappa shape index (κ2) is 5.48. The average Bonchev–Trinajstić information content (AvgIpc) is 3.21. The van der Waals surface area contributed by atoms with Crippen LogP contribution >= 0.6 is 0 Å². The number of rotatable bonds is 6. The van der Waals surface area contributed by atoms with Crippen molar-refractivity contribution >= 4 is 10.0 Å². The van der Waals surface area contributed by atoms with E-state index in [0.29, 0.717) is 17.2 Å². The monoisotopic (exact) mass is 284 g/mol. The zero-order valence-corrected chi connectivity index (χ0v) is 12.0. The summed E-state index contributed by atoms with van der Waals surface area (Å²) in [5.41, 5.74) is 6.29.